The van der Waals surface area contributed by atoms with Gasteiger partial charge in [-0.3, -0.25) is 10.4 Å². The molecule has 142 valence electrons. The van der Waals surface area contributed by atoms with Crippen molar-refractivity contribution in [1.29, 1.82) is 0 Å². The lowest BCUT2D eigenvalue weighted by Gasteiger charge is -2.08. The predicted molar refractivity (Wildman–Crippen MR) is 106 cm³/mol. The van der Waals surface area contributed by atoms with Crippen LogP contribution < -0.4 is 15.4 Å². The summed E-state index contributed by atoms with van der Waals surface area (Å²) in [7, 11) is 0. The third-order valence-corrected chi connectivity index (χ3v) is 4.48. The molecule has 8 heteroatoms. The van der Waals surface area contributed by atoms with E-state index in [1.54, 1.807) is 30.3 Å². The van der Waals surface area contributed by atoms with E-state index in [-0.39, 0.29) is 18.5 Å². The number of unbranched alkanes of at least 4 members (excludes halogenated alkanes) is 1. The summed E-state index contributed by atoms with van der Waals surface area (Å²) in [6, 6.07) is 9.88. The topological polar surface area (TPSA) is 79.0 Å². The van der Waals surface area contributed by atoms with Gasteiger partial charge in [0.1, 0.15) is 18.2 Å². The molecular weight excluding hydrogens is 415 g/mol. The smallest absolute Gasteiger partial charge is 0.320 e. The highest BCUT2D eigenvalue weighted by Gasteiger charge is 2.10. The fraction of sp³-hybridized carbons (Fsp3) is 0.263. The van der Waals surface area contributed by atoms with Gasteiger partial charge in [0.05, 0.1) is 5.52 Å². The van der Waals surface area contributed by atoms with Crippen molar-refractivity contribution < 1.29 is 13.9 Å². The fourth-order valence-electron chi connectivity index (χ4n) is 2.51. The third-order valence-electron chi connectivity index (χ3n) is 3.99. The second kappa shape index (κ2) is 8.85. The minimum absolute atomic E-state index is 0.115. The van der Waals surface area contributed by atoms with Crippen molar-refractivity contribution >= 4 is 38.7 Å². The lowest BCUT2D eigenvalue weighted by atomic mass is 10.2. The molecule has 0 bridgehead atoms. The normalized spacial score (nSPS) is 10.8. The molecule has 3 rings (SSSR count). The summed E-state index contributed by atoms with van der Waals surface area (Å²) in [6.07, 6.45) is 1.94. The number of nitrogens with one attached hydrogen (secondary N) is 3. The van der Waals surface area contributed by atoms with Crippen LogP contribution in [0.4, 0.5) is 15.0 Å². The van der Waals surface area contributed by atoms with E-state index in [2.05, 4.69) is 43.7 Å². The first-order valence-corrected chi connectivity index (χ1v) is 9.46. The lowest BCUT2D eigenvalue weighted by Crippen LogP contribution is -2.29. The van der Waals surface area contributed by atoms with E-state index in [0.717, 1.165) is 18.2 Å². The van der Waals surface area contributed by atoms with Gasteiger partial charge in [-0.05, 0) is 30.7 Å². The van der Waals surface area contributed by atoms with Crippen LogP contribution in [-0.2, 0) is 6.61 Å². The van der Waals surface area contributed by atoms with Crippen molar-refractivity contribution in [3.63, 3.8) is 0 Å². The molecular formula is C19H20BrFN4O2. The molecule has 0 atom stereocenters. The number of benzene rings is 2. The molecule has 0 aliphatic rings. The first-order valence-electron chi connectivity index (χ1n) is 8.66. The zero-order valence-corrected chi connectivity index (χ0v) is 16.4. The van der Waals surface area contributed by atoms with Crippen LogP contribution in [0.2, 0.25) is 0 Å². The number of anilines is 1. The summed E-state index contributed by atoms with van der Waals surface area (Å²) in [5.74, 6) is 0.699. The number of carbonyl (C=O) groups excluding carboxylic acids is 1. The number of hydrogen-bond donors (Lipinski definition) is 3. The van der Waals surface area contributed by atoms with Crippen LogP contribution in [0, 0.1) is 5.82 Å². The number of rotatable bonds is 7. The van der Waals surface area contributed by atoms with E-state index in [9.17, 15) is 9.18 Å². The number of nitrogens with zero attached hydrogens (tertiary/aromatic N) is 1. The van der Waals surface area contributed by atoms with Crippen molar-refractivity contribution in [2.45, 2.75) is 26.4 Å². The molecule has 3 N–H and O–H groups in total. The van der Waals surface area contributed by atoms with Crippen LogP contribution in [0.25, 0.3) is 10.9 Å². The summed E-state index contributed by atoms with van der Waals surface area (Å²) in [5, 5.41) is 13.3. The van der Waals surface area contributed by atoms with Gasteiger partial charge in [0.25, 0.3) is 0 Å². The Morgan fingerprint density at radius 2 is 2.15 bits per heavy atom. The van der Waals surface area contributed by atoms with E-state index in [1.807, 2.05) is 0 Å². The van der Waals surface area contributed by atoms with Crippen LogP contribution in [-0.4, -0.2) is 22.8 Å². The molecule has 0 saturated carbocycles. The Balaban J connectivity index is 1.65. The number of fused-ring (bicyclic) bond motifs is 1. The Morgan fingerprint density at radius 3 is 2.93 bits per heavy atom. The molecule has 2 aromatic carbocycles. The van der Waals surface area contributed by atoms with Crippen LogP contribution in [0.3, 0.4) is 0 Å². The van der Waals surface area contributed by atoms with Crippen molar-refractivity contribution in [2.75, 3.05) is 11.9 Å². The molecule has 0 saturated heterocycles. The Morgan fingerprint density at radius 1 is 1.30 bits per heavy atom. The van der Waals surface area contributed by atoms with E-state index in [4.69, 9.17) is 4.74 Å². The van der Waals surface area contributed by atoms with Crippen molar-refractivity contribution in [2.24, 2.45) is 0 Å². The van der Waals surface area contributed by atoms with Gasteiger partial charge >= 0.3 is 6.03 Å². The molecule has 3 aromatic rings. The highest BCUT2D eigenvalue weighted by Crippen LogP contribution is 2.25. The Labute approximate surface area is 164 Å². The molecule has 1 aromatic heterocycles. The van der Waals surface area contributed by atoms with Crippen LogP contribution >= 0.6 is 15.9 Å². The fourth-order valence-corrected chi connectivity index (χ4v) is 2.85. The van der Waals surface area contributed by atoms with E-state index < -0.39 is 0 Å². The molecule has 2 amide bonds. The number of amides is 2. The third kappa shape index (κ3) is 4.97. The lowest BCUT2D eigenvalue weighted by molar-refractivity contribution is 0.252. The molecule has 0 unspecified atom stereocenters. The molecule has 0 aliphatic heterocycles. The molecule has 27 heavy (non-hydrogen) atoms. The Kier molecular flexibility index (Phi) is 6.28. The van der Waals surface area contributed by atoms with Crippen molar-refractivity contribution in [3.05, 3.63) is 52.3 Å². The number of ether oxygens (including phenoxy) is 1. The molecule has 0 aliphatic carbocycles. The summed E-state index contributed by atoms with van der Waals surface area (Å²) in [4.78, 5) is 11.9. The van der Waals surface area contributed by atoms with Gasteiger partial charge in [-0.15, -0.1) is 0 Å². The maximum absolute atomic E-state index is 13.9. The van der Waals surface area contributed by atoms with Gasteiger partial charge in [0.15, 0.2) is 5.82 Å². The number of carbonyl (C=O) groups is 1. The van der Waals surface area contributed by atoms with Crippen LogP contribution in [0.5, 0.6) is 5.75 Å². The maximum atomic E-state index is 13.9. The average Bonchev–Trinajstić information content (AvgIpc) is 3.03. The SMILES string of the molecule is CCCCNC(=O)Nc1n[nH]c2cc(OCc3ccc(Br)cc3F)ccc12. The van der Waals surface area contributed by atoms with Gasteiger partial charge in [-0.1, -0.05) is 35.3 Å². The number of halogens is 2. The Hall–Kier alpha value is -2.61. The quantitative estimate of drug-likeness (QED) is 0.459. The van der Waals surface area contributed by atoms with Gasteiger partial charge < -0.3 is 10.1 Å². The molecule has 0 radical (unpaired) electrons. The molecule has 0 fully saturated rings. The van der Waals surface area contributed by atoms with Gasteiger partial charge in [0.2, 0.25) is 0 Å². The standard InChI is InChI=1S/C19H20BrFN4O2/c1-2-3-8-22-19(26)23-18-15-7-6-14(10-17(15)24-25-18)27-11-12-4-5-13(20)9-16(12)21/h4-7,9-10H,2-3,8,11H2,1H3,(H3,22,23,24,25,26). The first-order chi connectivity index (χ1) is 13.1. The molecule has 1 heterocycles. The number of hydrogen-bond acceptors (Lipinski definition) is 3. The zero-order valence-electron chi connectivity index (χ0n) is 14.8. The molecule has 6 nitrogen and oxygen atoms in total. The Bertz CT molecular complexity index is 945. The highest BCUT2D eigenvalue weighted by molar-refractivity contribution is 9.10. The number of H-pyrrole nitrogens is 1. The summed E-state index contributed by atoms with van der Waals surface area (Å²) < 4.78 is 20.2. The summed E-state index contributed by atoms with van der Waals surface area (Å²) >= 11 is 3.23. The van der Waals surface area contributed by atoms with E-state index in [1.165, 1.54) is 6.07 Å². The van der Waals surface area contributed by atoms with Crippen LogP contribution in [0.1, 0.15) is 25.3 Å². The first kappa shape index (κ1) is 19.2. The van der Waals surface area contributed by atoms with Gasteiger partial charge in [-0.2, -0.15) is 5.10 Å². The van der Waals surface area contributed by atoms with Gasteiger partial charge in [0, 0.05) is 28.0 Å². The second-order valence-corrected chi connectivity index (χ2v) is 6.95. The maximum Gasteiger partial charge on any atom is 0.320 e. The van der Waals surface area contributed by atoms with Gasteiger partial charge in [-0.25, -0.2) is 9.18 Å². The van der Waals surface area contributed by atoms with Crippen LogP contribution in [0.15, 0.2) is 40.9 Å². The summed E-state index contributed by atoms with van der Waals surface area (Å²) in [6.45, 7) is 2.80. The summed E-state index contributed by atoms with van der Waals surface area (Å²) in [5.41, 5.74) is 1.18. The monoisotopic (exact) mass is 434 g/mol. The minimum atomic E-state index is -0.326. The van der Waals surface area contributed by atoms with Crippen molar-refractivity contribution in [1.82, 2.24) is 15.5 Å². The predicted octanol–water partition coefficient (Wildman–Crippen LogP) is 4.97. The second-order valence-electron chi connectivity index (χ2n) is 6.04. The number of aromatic nitrogens is 2. The number of urea groups is 1. The van der Waals surface area contributed by atoms with Crippen molar-refractivity contribution in [3.8, 4) is 5.75 Å². The minimum Gasteiger partial charge on any atom is -0.489 e. The zero-order chi connectivity index (χ0) is 19.2. The average molecular weight is 435 g/mol. The molecule has 0 spiro atoms. The largest absolute Gasteiger partial charge is 0.489 e. The van der Waals surface area contributed by atoms with E-state index in [0.29, 0.717) is 33.7 Å². The van der Waals surface area contributed by atoms with E-state index >= 15 is 0 Å². The highest BCUT2D eigenvalue weighted by atomic mass is 79.9. The number of aromatic amines is 1.